The van der Waals surface area contributed by atoms with Gasteiger partial charge in [0.1, 0.15) is 12.0 Å². The zero-order valence-corrected chi connectivity index (χ0v) is 11.5. The van der Waals surface area contributed by atoms with Gasteiger partial charge >= 0.3 is 0 Å². The van der Waals surface area contributed by atoms with Crippen molar-refractivity contribution in [1.82, 2.24) is 20.1 Å². The molecule has 9 nitrogen and oxygen atoms in total. The molecule has 0 aliphatic carbocycles. The van der Waals surface area contributed by atoms with E-state index in [1.165, 1.54) is 24.5 Å². The van der Waals surface area contributed by atoms with Gasteiger partial charge in [0.05, 0.1) is 11.5 Å². The number of nitro groups is 1. The van der Waals surface area contributed by atoms with Crippen molar-refractivity contribution in [3.05, 3.63) is 46.0 Å². The van der Waals surface area contributed by atoms with Gasteiger partial charge in [-0.05, 0) is 12.1 Å². The van der Waals surface area contributed by atoms with E-state index in [9.17, 15) is 14.9 Å². The topological polar surface area (TPSA) is 115 Å². The van der Waals surface area contributed by atoms with Crippen LogP contribution in [-0.4, -0.2) is 32.6 Å². The smallest absolute Gasteiger partial charge is 0.293 e. The van der Waals surface area contributed by atoms with Crippen LogP contribution in [0.5, 0.6) is 0 Å². The van der Waals surface area contributed by atoms with Gasteiger partial charge in [-0.15, -0.1) is 10.2 Å². The van der Waals surface area contributed by atoms with Gasteiger partial charge in [0, 0.05) is 25.7 Å². The minimum Gasteiger partial charge on any atom is -0.383 e. The molecule has 9 heteroatoms. The molecule has 110 valence electrons. The molecule has 0 radical (unpaired) electrons. The molecule has 0 spiro atoms. The fraction of sp³-hybridized carbons (Fsp3) is 0.250. The molecule has 0 fully saturated rings. The van der Waals surface area contributed by atoms with Crippen LogP contribution in [0.2, 0.25) is 0 Å². The second-order valence-electron chi connectivity index (χ2n) is 4.28. The van der Waals surface area contributed by atoms with Crippen molar-refractivity contribution in [2.24, 2.45) is 7.05 Å². The Morgan fingerprint density at radius 3 is 2.81 bits per heavy atom. The normalized spacial score (nSPS) is 10.2. The molecular formula is C12H14N6O3. The maximum atomic E-state index is 12.0. The van der Waals surface area contributed by atoms with Crippen molar-refractivity contribution in [1.29, 1.82) is 0 Å². The summed E-state index contributed by atoms with van der Waals surface area (Å²) in [5, 5.41) is 23.8. The van der Waals surface area contributed by atoms with Crippen molar-refractivity contribution < 1.29 is 9.72 Å². The number of benzene rings is 1. The van der Waals surface area contributed by atoms with Crippen LogP contribution in [0.4, 0.5) is 11.4 Å². The number of anilines is 1. The highest BCUT2D eigenvalue weighted by Gasteiger charge is 2.17. The molecule has 1 amide bonds. The summed E-state index contributed by atoms with van der Waals surface area (Å²) < 4.78 is 1.67. The Bertz CT molecular complexity index is 681. The van der Waals surface area contributed by atoms with E-state index in [2.05, 4.69) is 20.8 Å². The summed E-state index contributed by atoms with van der Waals surface area (Å²) in [5.41, 5.74) is 0.413. The maximum absolute atomic E-state index is 12.0. The summed E-state index contributed by atoms with van der Waals surface area (Å²) in [6.07, 6.45) is 1.52. The second kappa shape index (κ2) is 5.99. The number of hydrogen-bond donors (Lipinski definition) is 2. The Hall–Kier alpha value is -2.97. The third-order valence-electron chi connectivity index (χ3n) is 2.94. The summed E-state index contributed by atoms with van der Waals surface area (Å²) in [4.78, 5) is 22.4. The third-order valence-corrected chi connectivity index (χ3v) is 2.94. The number of nitrogens with zero attached hydrogens (tertiary/aromatic N) is 4. The quantitative estimate of drug-likeness (QED) is 0.618. The van der Waals surface area contributed by atoms with Crippen LogP contribution in [0, 0.1) is 10.1 Å². The first-order valence-corrected chi connectivity index (χ1v) is 6.10. The predicted molar refractivity (Wildman–Crippen MR) is 74.8 cm³/mol. The zero-order chi connectivity index (χ0) is 15.4. The van der Waals surface area contributed by atoms with Crippen LogP contribution in [0.3, 0.4) is 0 Å². The van der Waals surface area contributed by atoms with Crippen LogP contribution in [0.15, 0.2) is 24.5 Å². The Labute approximate surface area is 120 Å². The molecule has 0 saturated carbocycles. The van der Waals surface area contributed by atoms with Gasteiger partial charge in [-0.3, -0.25) is 14.9 Å². The maximum Gasteiger partial charge on any atom is 0.293 e. The standard InChI is InChI=1S/C12H14N6O3/c1-13-9-4-3-8(5-10(9)18(20)21)12(19)14-6-11-16-15-7-17(11)2/h3-5,7,13H,6H2,1-2H3,(H,14,19). The van der Waals surface area contributed by atoms with E-state index in [1.54, 1.807) is 18.7 Å². The van der Waals surface area contributed by atoms with Crippen molar-refractivity contribution in [2.75, 3.05) is 12.4 Å². The summed E-state index contributed by atoms with van der Waals surface area (Å²) in [6.45, 7) is 0.191. The fourth-order valence-corrected chi connectivity index (χ4v) is 1.76. The van der Waals surface area contributed by atoms with Crippen LogP contribution < -0.4 is 10.6 Å². The lowest BCUT2D eigenvalue weighted by Gasteiger charge is -2.06. The van der Waals surface area contributed by atoms with Gasteiger partial charge in [0.15, 0.2) is 5.82 Å². The van der Waals surface area contributed by atoms with Crippen molar-refractivity contribution in [2.45, 2.75) is 6.54 Å². The first kappa shape index (κ1) is 14.4. The molecule has 1 aromatic heterocycles. The SMILES string of the molecule is CNc1ccc(C(=O)NCc2nncn2C)cc1[N+](=O)[O-]. The number of amides is 1. The van der Waals surface area contributed by atoms with E-state index in [-0.39, 0.29) is 17.8 Å². The Kier molecular flexibility index (Phi) is 4.12. The third kappa shape index (κ3) is 3.14. The number of nitro benzene ring substituents is 1. The lowest BCUT2D eigenvalue weighted by atomic mass is 10.1. The van der Waals surface area contributed by atoms with E-state index >= 15 is 0 Å². The molecule has 0 aliphatic rings. The molecule has 0 aliphatic heterocycles. The number of aryl methyl sites for hydroxylation is 1. The Morgan fingerprint density at radius 1 is 1.48 bits per heavy atom. The zero-order valence-electron chi connectivity index (χ0n) is 11.5. The second-order valence-corrected chi connectivity index (χ2v) is 4.28. The molecule has 0 unspecified atom stereocenters. The molecule has 1 aromatic carbocycles. The number of carbonyl (C=O) groups is 1. The molecule has 0 saturated heterocycles. The molecule has 21 heavy (non-hydrogen) atoms. The van der Waals surface area contributed by atoms with Crippen LogP contribution in [0.25, 0.3) is 0 Å². The summed E-state index contributed by atoms with van der Waals surface area (Å²) in [7, 11) is 3.34. The van der Waals surface area contributed by atoms with Crippen LogP contribution >= 0.6 is 0 Å². The van der Waals surface area contributed by atoms with E-state index in [0.29, 0.717) is 11.5 Å². The Balaban J connectivity index is 2.14. The van der Waals surface area contributed by atoms with E-state index in [0.717, 1.165) is 0 Å². The monoisotopic (exact) mass is 290 g/mol. The Morgan fingerprint density at radius 2 is 2.24 bits per heavy atom. The number of aromatic nitrogens is 3. The number of carbonyl (C=O) groups excluding carboxylic acids is 1. The lowest BCUT2D eigenvalue weighted by molar-refractivity contribution is -0.384. The van der Waals surface area contributed by atoms with Crippen molar-refractivity contribution in [3.8, 4) is 0 Å². The fourth-order valence-electron chi connectivity index (χ4n) is 1.76. The van der Waals surface area contributed by atoms with Crippen LogP contribution in [-0.2, 0) is 13.6 Å². The average Bonchev–Trinajstić information content (AvgIpc) is 2.89. The molecule has 2 rings (SSSR count). The van der Waals surface area contributed by atoms with Crippen molar-refractivity contribution in [3.63, 3.8) is 0 Å². The number of hydrogen-bond acceptors (Lipinski definition) is 6. The van der Waals surface area contributed by atoms with E-state index in [4.69, 9.17) is 0 Å². The molecule has 2 aromatic rings. The van der Waals surface area contributed by atoms with E-state index < -0.39 is 10.8 Å². The predicted octanol–water partition coefficient (Wildman–Crippen LogP) is 0.695. The highest BCUT2D eigenvalue weighted by Crippen LogP contribution is 2.24. The van der Waals surface area contributed by atoms with E-state index in [1.807, 2.05) is 0 Å². The first-order valence-electron chi connectivity index (χ1n) is 6.10. The molecule has 2 N–H and O–H groups in total. The molecule has 0 atom stereocenters. The number of nitrogens with one attached hydrogen (secondary N) is 2. The minimum absolute atomic E-state index is 0.149. The van der Waals surface area contributed by atoms with Gasteiger partial charge in [-0.1, -0.05) is 0 Å². The molecular weight excluding hydrogens is 276 g/mol. The van der Waals surface area contributed by atoms with Gasteiger partial charge < -0.3 is 15.2 Å². The summed E-state index contributed by atoms with van der Waals surface area (Å²) >= 11 is 0. The van der Waals surface area contributed by atoms with Gasteiger partial charge in [-0.2, -0.15) is 0 Å². The van der Waals surface area contributed by atoms with Gasteiger partial charge in [0.2, 0.25) is 0 Å². The van der Waals surface area contributed by atoms with Gasteiger partial charge in [-0.25, -0.2) is 0 Å². The largest absolute Gasteiger partial charge is 0.383 e. The van der Waals surface area contributed by atoms with Gasteiger partial charge in [0.25, 0.3) is 11.6 Å². The average molecular weight is 290 g/mol. The van der Waals surface area contributed by atoms with Crippen LogP contribution in [0.1, 0.15) is 16.2 Å². The number of rotatable bonds is 5. The summed E-state index contributed by atoms with van der Waals surface area (Å²) in [6, 6.07) is 4.25. The minimum atomic E-state index is -0.536. The highest BCUT2D eigenvalue weighted by molar-refractivity contribution is 5.95. The lowest BCUT2D eigenvalue weighted by Crippen LogP contribution is -2.24. The highest BCUT2D eigenvalue weighted by atomic mass is 16.6. The summed E-state index contributed by atoms with van der Waals surface area (Å²) in [5.74, 6) is 0.174. The molecule has 0 bridgehead atoms. The first-order chi connectivity index (χ1) is 10.0. The molecule has 1 heterocycles. The van der Waals surface area contributed by atoms with Crippen molar-refractivity contribution >= 4 is 17.3 Å².